The number of aryl methyl sites for hydroxylation is 1. The van der Waals surface area contributed by atoms with Gasteiger partial charge in [0, 0.05) is 43.1 Å². The number of carbonyl (C=O) groups excluding carboxylic acids is 2. The molecule has 4 heterocycles. The summed E-state index contributed by atoms with van der Waals surface area (Å²) in [6.07, 6.45) is 6.78. The minimum Gasteiger partial charge on any atom is -0.456 e. The molecule has 1 aliphatic rings. The first kappa shape index (κ1) is 21.6. The third-order valence-corrected chi connectivity index (χ3v) is 5.66. The highest BCUT2D eigenvalue weighted by molar-refractivity contribution is 6.42. The lowest BCUT2D eigenvalue weighted by Gasteiger charge is -2.18. The van der Waals surface area contributed by atoms with Crippen LogP contribution in [0.1, 0.15) is 18.9 Å². The summed E-state index contributed by atoms with van der Waals surface area (Å²) in [6.45, 7) is 2.74. The first-order valence-corrected chi connectivity index (χ1v) is 10.6. The number of nitrogens with one attached hydrogen (secondary N) is 2. The van der Waals surface area contributed by atoms with Crippen molar-refractivity contribution in [1.29, 1.82) is 0 Å². The van der Waals surface area contributed by atoms with Gasteiger partial charge in [-0.1, -0.05) is 6.92 Å². The summed E-state index contributed by atoms with van der Waals surface area (Å²) in [5, 5.41) is 7.25. The van der Waals surface area contributed by atoms with E-state index < -0.39 is 12.1 Å². The van der Waals surface area contributed by atoms with E-state index in [-0.39, 0.29) is 5.91 Å². The van der Waals surface area contributed by atoms with Crippen LogP contribution in [0.5, 0.6) is 0 Å². The molecule has 162 valence electrons. The smallest absolute Gasteiger partial charge is 0.321 e. The third-order valence-electron chi connectivity index (χ3n) is 5.66. The number of anilines is 2. The molecule has 2 N–H and O–H groups in total. The topological polar surface area (TPSA) is 103 Å². The van der Waals surface area contributed by atoms with Crippen LogP contribution in [-0.2, 0) is 11.2 Å². The van der Waals surface area contributed by atoms with Gasteiger partial charge in [0.25, 0.3) is 0 Å². The van der Waals surface area contributed by atoms with Crippen molar-refractivity contribution in [3.8, 4) is 11.3 Å². The third kappa shape index (κ3) is 4.23. The van der Waals surface area contributed by atoms with E-state index in [9.17, 15) is 9.59 Å². The quantitative estimate of drug-likeness (QED) is 0.574. The van der Waals surface area contributed by atoms with E-state index in [2.05, 4.69) is 27.5 Å². The van der Waals surface area contributed by atoms with Crippen LogP contribution in [0, 0.1) is 0 Å². The number of fused-ring (bicyclic) bond motifs is 1. The highest BCUT2D eigenvalue weighted by atomic mass is 16.2. The Morgan fingerprint density at radius 3 is 2.81 bits per heavy atom. The van der Waals surface area contributed by atoms with Gasteiger partial charge in [-0.3, -0.25) is 15.1 Å². The van der Waals surface area contributed by atoms with Crippen LogP contribution >= 0.6 is 0 Å². The average molecular weight is 429 g/mol. The fraction of sp³-hybridized carbons (Fsp3) is 0.286. The van der Waals surface area contributed by atoms with Crippen molar-refractivity contribution in [2.45, 2.75) is 25.8 Å². The number of aromatic nitrogens is 3. The van der Waals surface area contributed by atoms with Gasteiger partial charge in [-0.25, -0.2) is 14.8 Å². The lowest BCUT2D eigenvalue weighted by atomic mass is 10.0. The lowest BCUT2D eigenvalue weighted by molar-refractivity contribution is -0.128. The summed E-state index contributed by atoms with van der Waals surface area (Å²) in [4.78, 5) is 39.6. The maximum Gasteiger partial charge on any atom is 0.321 e. The van der Waals surface area contributed by atoms with Crippen molar-refractivity contribution >= 4 is 50.3 Å². The van der Waals surface area contributed by atoms with Crippen LogP contribution in [-0.4, -0.2) is 67.4 Å². The van der Waals surface area contributed by atoms with E-state index in [0.29, 0.717) is 18.8 Å². The summed E-state index contributed by atoms with van der Waals surface area (Å²) in [7, 11) is 5.60. The molecule has 0 bridgehead atoms. The summed E-state index contributed by atoms with van der Waals surface area (Å²) in [6, 6.07) is 4.85. The van der Waals surface area contributed by atoms with Crippen LogP contribution in [0.2, 0.25) is 0 Å². The van der Waals surface area contributed by atoms with Gasteiger partial charge >= 0.3 is 6.03 Å². The highest BCUT2D eigenvalue weighted by Crippen LogP contribution is 2.31. The summed E-state index contributed by atoms with van der Waals surface area (Å²) < 4.78 is 1.94. The number of pyridine rings is 3. The summed E-state index contributed by atoms with van der Waals surface area (Å²) in [5.41, 5.74) is 2.95. The van der Waals surface area contributed by atoms with Gasteiger partial charge in [-0.2, -0.15) is 0 Å². The zero-order valence-corrected chi connectivity index (χ0v) is 18.7. The molecule has 1 atom stereocenters. The molecule has 1 aliphatic heterocycles. The van der Waals surface area contributed by atoms with Crippen molar-refractivity contribution in [3.05, 3.63) is 42.4 Å². The molecule has 0 saturated carbocycles. The zero-order valence-electron chi connectivity index (χ0n) is 18.7. The molecule has 3 aromatic rings. The van der Waals surface area contributed by atoms with Gasteiger partial charge in [0.15, 0.2) is 0 Å². The molecule has 0 radical (unpaired) electrons. The van der Waals surface area contributed by atoms with Gasteiger partial charge in [-0.15, -0.1) is 0 Å². The number of nitrogens with zero attached hydrogens (tertiary/aromatic N) is 5. The minimum atomic E-state index is -0.505. The standard InChI is InChI=1S/C21H25B2N7O2/c1-3-12-4-6-24-10-14(12)17-8-13-9-18(25-11-15(13)19(26-17)30(22)23)28-21(32)27-16-5-7-29(2)20(16)31/h4,6,8-11,16H,3,5,7,22-23H2,1-2H3,(H2,25,27,28,32). The lowest BCUT2D eigenvalue weighted by Crippen LogP contribution is -2.42. The molecule has 4 rings (SSSR count). The largest absolute Gasteiger partial charge is 0.456 e. The number of carbonyl (C=O) groups is 2. The molecule has 0 aliphatic carbocycles. The maximum atomic E-state index is 12.4. The van der Waals surface area contributed by atoms with E-state index in [1.165, 1.54) is 0 Å². The van der Waals surface area contributed by atoms with Crippen LogP contribution in [0.25, 0.3) is 22.0 Å². The molecule has 3 aromatic heterocycles. The van der Waals surface area contributed by atoms with Gasteiger partial charge in [0.1, 0.15) is 17.7 Å². The Bertz CT molecular complexity index is 1190. The van der Waals surface area contributed by atoms with Crippen molar-refractivity contribution in [3.63, 3.8) is 0 Å². The molecular formula is C21H25B2N7O2. The molecule has 1 fully saturated rings. The summed E-state index contributed by atoms with van der Waals surface area (Å²) >= 11 is 0. The molecule has 11 heteroatoms. The van der Waals surface area contributed by atoms with Crippen molar-refractivity contribution in [2.75, 3.05) is 23.6 Å². The molecular weight excluding hydrogens is 404 g/mol. The van der Waals surface area contributed by atoms with E-state index in [1.54, 1.807) is 24.3 Å². The Labute approximate surface area is 188 Å². The molecule has 3 amide bonds. The Morgan fingerprint density at radius 2 is 2.12 bits per heavy atom. The van der Waals surface area contributed by atoms with E-state index in [4.69, 9.17) is 4.98 Å². The first-order valence-electron chi connectivity index (χ1n) is 10.6. The molecule has 1 unspecified atom stereocenters. The number of hydrogen-bond acceptors (Lipinski definition) is 6. The molecule has 0 aromatic carbocycles. The Hall–Kier alpha value is -3.62. The van der Waals surface area contributed by atoms with Crippen molar-refractivity contribution < 1.29 is 9.59 Å². The summed E-state index contributed by atoms with van der Waals surface area (Å²) in [5.74, 6) is 1.10. The van der Waals surface area contributed by atoms with Crippen LogP contribution in [0.4, 0.5) is 16.4 Å². The predicted octanol–water partition coefficient (Wildman–Crippen LogP) is 0.509. The predicted molar refractivity (Wildman–Crippen MR) is 130 cm³/mol. The van der Waals surface area contributed by atoms with E-state index in [1.807, 2.05) is 45.1 Å². The Morgan fingerprint density at radius 1 is 1.31 bits per heavy atom. The monoisotopic (exact) mass is 429 g/mol. The second-order valence-electron chi connectivity index (χ2n) is 8.10. The average Bonchev–Trinajstić information content (AvgIpc) is 3.10. The SMILES string of the molecule is BN(B)c1nc(-c2cnccc2CC)cc2cc(NC(=O)NC3CCN(C)C3=O)ncc12. The van der Waals surface area contributed by atoms with Gasteiger partial charge in [0.2, 0.25) is 21.9 Å². The molecule has 0 spiro atoms. The van der Waals surface area contributed by atoms with Gasteiger partial charge < -0.3 is 14.9 Å². The number of amides is 3. The van der Waals surface area contributed by atoms with Crippen molar-refractivity contribution in [2.24, 2.45) is 0 Å². The van der Waals surface area contributed by atoms with Crippen LogP contribution in [0.3, 0.4) is 0 Å². The second-order valence-corrected chi connectivity index (χ2v) is 8.10. The Kier molecular flexibility index (Phi) is 5.98. The van der Waals surface area contributed by atoms with E-state index in [0.717, 1.165) is 39.8 Å². The van der Waals surface area contributed by atoms with Crippen LogP contribution in [0.15, 0.2) is 36.8 Å². The fourth-order valence-corrected chi connectivity index (χ4v) is 3.91. The minimum absolute atomic E-state index is 0.0823. The Balaban J connectivity index is 1.66. The molecule has 32 heavy (non-hydrogen) atoms. The number of likely N-dealkylation sites (N-methyl/N-ethyl adjacent to an activating group) is 1. The number of rotatable bonds is 5. The number of hydrogen-bond donors (Lipinski definition) is 2. The first-order chi connectivity index (χ1) is 15.4. The second kappa shape index (κ2) is 8.86. The van der Waals surface area contributed by atoms with Gasteiger partial charge in [0.05, 0.1) is 5.69 Å². The van der Waals surface area contributed by atoms with Gasteiger partial charge in [-0.05, 0) is 42.0 Å². The molecule has 9 nitrogen and oxygen atoms in total. The molecule has 1 saturated heterocycles. The fourth-order valence-electron chi connectivity index (χ4n) is 3.91. The zero-order chi connectivity index (χ0) is 22.8. The van der Waals surface area contributed by atoms with E-state index >= 15 is 0 Å². The van der Waals surface area contributed by atoms with Crippen LogP contribution < -0.4 is 15.4 Å². The number of likely N-dealkylation sites (tertiary alicyclic amines) is 1. The van der Waals surface area contributed by atoms with Crippen molar-refractivity contribution in [1.82, 2.24) is 25.2 Å². The highest BCUT2D eigenvalue weighted by Gasteiger charge is 2.30. The maximum absolute atomic E-state index is 12.4. The number of urea groups is 1. The normalized spacial score (nSPS) is 15.8.